The fraction of sp³-hybridized carbons (Fsp3) is 0.238. The topological polar surface area (TPSA) is 46.6 Å². The molecule has 8 heteroatoms. The van der Waals surface area contributed by atoms with Gasteiger partial charge in [-0.25, -0.2) is 9.18 Å². The largest absolute Gasteiger partial charge is 0.463 e. The molecule has 2 aromatic rings. The Labute approximate surface area is 164 Å². The SMILES string of the molecule is CCOC(=O)/C=C(\C)c1cc(N2Cc3c(cccc3C(F)(F)F)C2=O)ccc1F. The molecule has 0 radical (unpaired) electrons. The van der Waals surface area contributed by atoms with Crippen LogP contribution in [0.5, 0.6) is 0 Å². The molecule has 0 fully saturated rings. The molecule has 3 rings (SSSR count). The van der Waals surface area contributed by atoms with Gasteiger partial charge in [0.1, 0.15) is 5.82 Å². The molecule has 152 valence electrons. The Balaban J connectivity index is 1.99. The van der Waals surface area contributed by atoms with Crippen LogP contribution in [-0.4, -0.2) is 18.5 Å². The highest BCUT2D eigenvalue weighted by Crippen LogP contribution is 2.39. The van der Waals surface area contributed by atoms with E-state index in [1.807, 2.05) is 0 Å². The quantitative estimate of drug-likeness (QED) is 0.408. The van der Waals surface area contributed by atoms with Gasteiger partial charge in [-0.2, -0.15) is 13.2 Å². The number of benzene rings is 2. The highest BCUT2D eigenvalue weighted by atomic mass is 19.4. The first kappa shape index (κ1) is 20.6. The number of amides is 1. The molecule has 2 aromatic carbocycles. The fourth-order valence-corrected chi connectivity index (χ4v) is 3.23. The second-order valence-electron chi connectivity index (χ2n) is 6.46. The lowest BCUT2D eigenvalue weighted by atomic mass is 10.0. The number of halogens is 4. The highest BCUT2D eigenvalue weighted by Gasteiger charge is 2.39. The number of rotatable bonds is 4. The number of anilines is 1. The monoisotopic (exact) mass is 407 g/mol. The van der Waals surface area contributed by atoms with Gasteiger partial charge in [0.2, 0.25) is 0 Å². The maximum Gasteiger partial charge on any atom is 0.416 e. The van der Waals surface area contributed by atoms with E-state index in [9.17, 15) is 27.2 Å². The summed E-state index contributed by atoms with van der Waals surface area (Å²) in [5.74, 6) is -1.88. The lowest BCUT2D eigenvalue weighted by Crippen LogP contribution is -2.23. The molecule has 0 aromatic heterocycles. The zero-order valence-corrected chi connectivity index (χ0v) is 15.6. The molecular formula is C21H17F4NO3. The Bertz CT molecular complexity index is 1010. The number of allylic oxidation sites excluding steroid dienone is 1. The maximum atomic E-state index is 14.3. The molecule has 0 bridgehead atoms. The van der Waals surface area contributed by atoms with Gasteiger partial charge in [0.05, 0.1) is 18.7 Å². The first-order valence-corrected chi connectivity index (χ1v) is 8.79. The van der Waals surface area contributed by atoms with E-state index in [0.717, 1.165) is 23.1 Å². The van der Waals surface area contributed by atoms with Crippen LogP contribution >= 0.6 is 0 Å². The molecule has 1 heterocycles. The van der Waals surface area contributed by atoms with Gasteiger partial charge in [0, 0.05) is 22.9 Å². The molecule has 0 atom stereocenters. The van der Waals surface area contributed by atoms with Gasteiger partial charge in [0.15, 0.2) is 0 Å². The third-order valence-corrected chi connectivity index (χ3v) is 4.58. The van der Waals surface area contributed by atoms with E-state index in [-0.39, 0.29) is 41.1 Å². The van der Waals surface area contributed by atoms with Crippen molar-refractivity contribution >= 4 is 23.1 Å². The molecule has 0 saturated heterocycles. The molecular weight excluding hydrogens is 390 g/mol. The van der Waals surface area contributed by atoms with E-state index in [1.54, 1.807) is 6.92 Å². The van der Waals surface area contributed by atoms with Crippen molar-refractivity contribution in [1.82, 2.24) is 0 Å². The Hall–Kier alpha value is -3.16. The summed E-state index contributed by atoms with van der Waals surface area (Å²) in [7, 11) is 0. The van der Waals surface area contributed by atoms with Gasteiger partial charge in [-0.05, 0) is 55.3 Å². The van der Waals surface area contributed by atoms with Crippen molar-refractivity contribution in [3.8, 4) is 0 Å². The van der Waals surface area contributed by atoms with Crippen LogP contribution in [0.3, 0.4) is 0 Å². The molecule has 1 aliphatic heterocycles. The lowest BCUT2D eigenvalue weighted by Gasteiger charge is -2.18. The van der Waals surface area contributed by atoms with Crippen LogP contribution in [0.2, 0.25) is 0 Å². The average Bonchev–Trinajstić information content (AvgIpc) is 2.98. The van der Waals surface area contributed by atoms with Gasteiger partial charge in [-0.15, -0.1) is 0 Å². The number of carbonyl (C=O) groups excluding carboxylic acids is 2. The van der Waals surface area contributed by atoms with Crippen molar-refractivity contribution in [2.45, 2.75) is 26.6 Å². The summed E-state index contributed by atoms with van der Waals surface area (Å²) in [6.07, 6.45) is -3.47. The third-order valence-electron chi connectivity index (χ3n) is 4.58. The fourth-order valence-electron chi connectivity index (χ4n) is 3.23. The Morgan fingerprint density at radius 1 is 1.24 bits per heavy atom. The van der Waals surface area contributed by atoms with Gasteiger partial charge in [-0.1, -0.05) is 6.07 Å². The first-order valence-electron chi connectivity index (χ1n) is 8.79. The lowest BCUT2D eigenvalue weighted by molar-refractivity contribution is -0.138. The van der Waals surface area contributed by atoms with E-state index >= 15 is 0 Å². The number of fused-ring (bicyclic) bond motifs is 1. The van der Waals surface area contributed by atoms with Gasteiger partial charge >= 0.3 is 12.1 Å². The maximum absolute atomic E-state index is 14.3. The molecule has 29 heavy (non-hydrogen) atoms. The van der Waals surface area contributed by atoms with E-state index in [1.165, 1.54) is 31.2 Å². The summed E-state index contributed by atoms with van der Waals surface area (Å²) in [5.41, 5.74) is -0.476. The number of ether oxygens (including phenoxy) is 1. The van der Waals surface area contributed by atoms with E-state index in [0.29, 0.717) is 0 Å². The molecule has 4 nitrogen and oxygen atoms in total. The summed E-state index contributed by atoms with van der Waals surface area (Å²) in [6, 6.07) is 7.20. The summed E-state index contributed by atoms with van der Waals surface area (Å²) < 4.78 is 58.9. The predicted octanol–water partition coefficient (Wildman–Crippen LogP) is 4.97. The van der Waals surface area contributed by atoms with Crippen LogP contribution in [0.4, 0.5) is 23.2 Å². The van der Waals surface area contributed by atoms with Crippen molar-refractivity contribution in [1.29, 1.82) is 0 Å². The smallest absolute Gasteiger partial charge is 0.416 e. The molecule has 1 aliphatic rings. The number of alkyl halides is 3. The number of carbonyl (C=O) groups is 2. The zero-order chi connectivity index (χ0) is 21.3. The van der Waals surface area contributed by atoms with Crippen LogP contribution in [0.1, 0.15) is 40.9 Å². The van der Waals surface area contributed by atoms with Gasteiger partial charge in [0.25, 0.3) is 5.91 Å². The van der Waals surface area contributed by atoms with Crippen LogP contribution < -0.4 is 4.90 Å². The number of nitrogens with zero attached hydrogens (tertiary/aromatic N) is 1. The van der Waals surface area contributed by atoms with Crippen LogP contribution in [0.15, 0.2) is 42.5 Å². The molecule has 1 amide bonds. The van der Waals surface area contributed by atoms with E-state index < -0.39 is 29.4 Å². The second kappa shape index (κ2) is 7.69. The average molecular weight is 407 g/mol. The number of hydrogen-bond donors (Lipinski definition) is 0. The third kappa shape index (κ3) is 4.01. The summed E-state index contributed by atoms with van der Waals surface area (Å²) in [4.78, 5) is 25.5. The minimum absolute atomic E-state index is 0.0375. The molecule has 0 unspecified atom stereocenters. The van der Waals surface area contributed by atoms with Crippen molar-refractivity contribution in [3.63, 3.8) is 0 Å². The van der Waals surface area contributed by atoms with Crippen LogP contribution in [-0.2, 0) is 22.3 Å². The predicted molar refractivity (Wildman–Crippen MR) is 98.6 cm³/mol. The van der Waals surface area contributed by atoms with Crippen molar-refractivity contribution in [3.05, 3.63) is 70.5 Å². The van der Waals surface area contributed by atoms with Gasteiger partial charge < -0.3 is 9.64 Å². The minimum atomic E-state index is -4.59. The summed E-state index contributed by atoms with van der Waals surface area (Å²) in [5, 5.41) is 0. The van der Waals surface area contributed by atoms with Crippen molar-refractivity contribution < 1.29 is 31.9 Å². The normalized spacial score (nSPS) is 14.2. The second-order valence-corrected chi connectivity index (χ2v) is 6.46. The zero-order valence-electron chi connectivity index (χ0n) is 15.6. The Morgan fingerprint density at radius 3 is 2.62 bits per heavy atom. The van der Waals surface area contributed by atoms with E-state index in [2.05, 4.69) is 0 Å². The van der Waals surface area contributed by atoms with Crippen molar-refractivity contribution in [2.75, 3.05) is 11.5 Å². The van der Waals surface area contributed by atoms with Gasteiger partial charge in [-0.3, -0.25) is 4.79 Å². The first-order chi connectivity index (χ1) is 13.6. The number of hydrogen-bond acceptors (Lipinski definition) is 3. The highest BCUT2D eigenvalue weighted by molar-refractivity contribution is 6.10. The summed E-state index contributed by atoms with van der Waals surface area (Å²) >= 11 is 0. The van der Waals surface area contributed by atoms with E-state index in [4.69, 9.17) is 4.74 Å². The Kier molecular flexibility index (Phi) is 5.46. The van der Waals surface area contributed by atoms with Crippen molar-refractivity contribution in [2.24, 2.45) is 0 Å². The number of esters is 1. The molecule has 0 spiro atoms. The summed E-state index contributed by atoms with van der Waals surface area (Å²) in [6.45, 7) is 3.01. The standard InChI is InChI=1S/C21H17F4NO3/c1-3-29-19(27)9-12(2)15-10-13(7-8-18(15)22)26-11-16-14(20(26)28)5-4-6-17(16)21(23,24)25/h4-10H,3,11H2,1-2H3/b12-9+. The molecule has 0 aliphatic carbocycles. The molecule has 0 saturated carbocycles. The van der Waals surface area contributed by atoms with Crippen LogP contribution in [0, 0.1) is 5.82 Å². The molecule has 0 N–H and O–H groups in total. The minimum Gasteiger partial charge on any atom is -0.463 e. The van der Waals surface area contributed by atoms with Crippen LogP contribution in [0.25, 0.3) is 5.57 Å². The Morgan fingerprint density at radius 2 is 1.97 bits per heavy atom.